The molecule has 14 nitrogen and oxygen atoms in total. The monoisotopic (exact) mass is 534 g/mol. The van der Waals surface area contributed by atoms with Gasteiger partial charge in [0.15, 0.2) is 23.3 Å². The summed E-state index contributed by atoms with van der Waals surface area (Å²) in [6.45, 7) is 4.80. The smallest absolute Gasteiger partial charge is 0.459 e. The molecule has 2 fully saturated rings. The maximum Gasteiger partial charge on any atom is 0.459 e. The van der Waals surface area contributed by atoms with Crippen molar-refractivity contribution < 1.29 is 38.1 Å². The molecule has 0 bridgehead atoms. The third-order valence-electron chi connectivity index (χ3n) is 6.05. The van der Waals surface area contributed by atoms with Crippen molar-refractivity contribution in [2.75, 3.05) is 5.73 Å². The number of ether oxygens (including phenoxy) is 2. The number of esters is 1. The van der Waals surface area contributed by atoms with Crippen LogP contribution in [0.3, 0.4) is 0 Å². The molecule has 1 saturated carbocycles. The van der Waals surface area contributed by atoms with E-state index in [1.54, 1.807) is 44.2 Å². The van der Waals surface area contributed by atoms with Crippen molar-refractivity contribution in [2.45, 2.75) is 63.1 Å². The van der Waals surface area contributed by atoms with E-state index in [-0.39, 0.29) is 11.6 Å². The summed E-state index contributed by atoms with van der Waals surface area (Å²) in [6.07, 6.45) is -2.66. The Hall–Kier alpha value is -3.13. The highest BCUT2D eigenvalue weighted by Gasteiger charge is 2.79. The molecule has 1 aliphatic carbocycles. The van der Waals surface area contributed by atoms with E-state index in [2.05, 4.69) is 20.0 Å². The summed E-state index contributed by atoms with van der Waals surface area (Å²) in [7, 11) is -4.30. The molecular formula is C22H27N6O8P. The molecule has 2 aromatic heterocycles. The third kappa shape index (κ3) is 4.56. The number of para-hydroxylation sites is 1. The Kier molecular flexibility index (Phi) is 6.42. The average Bonchev–Trinajstić information content (AvgIpc) is 3.11. The molecule has 1 unspecified atom stereocenters. The van der Waals surface area contributed by atoms with E-state index in [1.807, 2.05) is 0 Å². The number of benzene rings is 1. The standard InChI is InChI=1S/C22H27N6O8P/c1-11(2)33-21(30)12(3)27-37(32,35-13-7-5-4-6-8-13)36-17-16-22(17,31)15(29)20(34-16)28-10-26-14-18(23)24-9-25-19(14)28/h4-12,15-17,20,29,31H,1-3H3,(H,27,32)(H2,23,24,25)/t12-,15-,16+,17?,20+,22-,37+/m0/s1. The minimum Gasteiger partial charge on any atom is -0.462 e. The molecule has 1 aromatic carbocycles. The lowest BCUT2D eigenvalue weighted by atomic mass is 10.1. The minimum atomic E-state index is -4.30. The predicted octanol–water partition coefficient (Wildman–Crippen LogP) is 0.913. The van der Waals surface area contributed by atoms with Crippen molar-refractivity contribution in [1.29, 1.82) is 0 Å². The Morgan fingerprint density at radius 3 is 2.62 bits per heavy atom. The molecule has 5 N–H and O–H groups in total. The number of carbonyl (C=O) groups excluding carboxylic acids is 1. The van der Waals surface area contributed by atoms with Crippen LogP contribution in [0.15, 0.2) is 43.0 Å². The molecule has 0 amide bonds. The number of imidazole rings is 1. The number of rotatable bonds is 9. The van der Waals surface area contributed by atoms with Crippen molar-refractivity contribution in [2.24, 2.45) is 0 Å². The Bertz CT molecular complexity index is 1360. The fraction of sp³-hybridized carbons (Fsp3) is 0.455. The number of anilines is 1. The number of aliphatic hydroxyl groups excluding tert-OH is 1. The van der Waals surface area contributed by atoms with E-state index in [9.17, 15) is 19.6 Å². The fourth-order valence-electron chi connectivity index (χ4n) is 4.19. The second kappa shape index (κ2) is 9.31. The molecule has 2 aliphatic rings. The van der Waals surface area contributed by atoms with Gasteiger partial charge in [0, 0.05) is 0 Å². The number of aliphatic hydroxyl groups is 2. The van der Waals surface area contributed by atoms with Gasteiger partial charge in [0.05, 0.1) is 12.4 Å². The van der Waals surface area contributed by atoms with E-state index in [4.69, 9.17) is 24.3 Å². The molecule has 0 radical (unpaired) electrons. The van der Waals surface area contributed by atoms with Gasteiger partial charge >= 0.3 is 13.7 Å². The number of nitrogen functional groups attached to an aromatic ring is 1. The van der Waals surface area contributed by atoms with E-state index in [0.29, 0.717) is 11.2 Å². The van der Waals surface area contributed by atoms with Crippen LogP contribution in [0.4, 0.5) is 5.82 Å². The highest BCUT2D eigenvalue weighted by molar-refractivity contribution is 7.52. The normalized spacial score (nSPS) is 29.0. The first-order valence-corrected chi connectivity index (χ1v) is 13.1. The summed E-state index contributed by atoms with van der Waals surface area (Å²) in [4.78, 5) is 24.5. The number of nitrogens with one attached hydrogen (secondary N) is 1. The van der Waals surface area contributed by atoms with Gasteiger partial charge in [-0.2, -0.15) is 5.09 Å². The van der Waals surface area contributed by atoms with E-state index < -0.39 is 56.0 Å². The molecule has 0 spiro atoms. The first-order chi connectivity index (χ1) is 17.5. The van der Waals surface area contributed by atoms with E-state index in [1.165, 1.54) is 24.1 Å². The second-order valence-electron chi connectivity index (χ2n) is 9.13. The summed E-state index contributed by atoms with van der Waals surface area (Å²) < 4.78 is 37.5. The van der Waals surface area contributed by atoms with Crippen LogP contribution in [-0.2, 0) is 23.4 Å². The molecule has 3 aromatic rings. The van der Waals surface area contributed by atoms with Crippen LogP contribution in [0.1, 0.15) is 27.0 Å². The van der Waals surface area contributed by atoms with Gasteiger partial charge in [0.1, 0.15) is 41.9 Å². The zero-order valence-electron chi connectivity index (χ0n) is 20.2. The molecule has 5 rings (SSSR count). The van der Waals surface area contributed by atoms with Gasteiger partial charge < -0.3 is 29.9 Å². The summed E-state index contributed by atoms with van der Waals surface area (Å²) in [5.74, 6) is -0.326. The van der Waals surface area contributed by atoms with E-state index in [0.717, 1.165) is 0 Å². The topological polar surface area (TPSA) is 193 Å². The average molecular weight is 534 g/mol. The van der Waals surface area contributed by atoms with Gasteiger partial charge in [0.25, 0.3) is 0 Å². The quantitative estimate of drug-likeness (QED) is 0.224. The van der Waals surface area contributed by atoms with Gasteiger partial charge in [-0.15, -0.1) is 0 Å². The van der Waals surface area contributed by atoms with Crippen molar-refractivity contribution in [3.63, 3.8) is 0 Å². The number of aromatic nitrogens is 4. The lowest BCUT2D eigenvalue weighted by Crippen LogP contribution is -2.39. The number of carbonyl (C=O) groups is 1. The molecule has 3 heterocycles. The molecule has 1 saturated heterocycles. The first kappa shape index (κ1) is 25.5. The lowest BCUT2D eigenvalue weighted by molar-refractivity contribution is -0.149. The maximum atomic E-state index is 13.8. The zero-order chi connectivity index (χ0) is 26.5. The number of nitrogens with two attached hydrogens (primary N) is 1. The lowest BCUT2D eigenvalue weighted by Gasteiger charge is -2.27. The number of nitrogens with zero attached hydrogens (tertiary/aromatic N) is 4. The molecular weight excluding hydrogens is 507 g/mol. The number of fused-ring (bicyclic) bond motifs is 2. The van der Waals surface area contributed by atoms with Gasteiger partial charge in [0.2, 0.25) is 0 Å². The second-order valence-corrected chi connectivity index (χ2v) is 10.8. The zero-order valence-corrected chi connectivity index (χ0v) is 21.1. The van der Waals surface area contributed by atoms with Crippen molar-refractivity contribution in [3.05, 3.63) is 43.0 Å². The SMILES string of the molecule is CC(C)OC(=O)[C@H](C)N[P@@](=O)(Oc1ccccc1)OC1[C@H]2O[C@@H](n3cnc4c(N)ncnc43)[C@H](O)[C@@]12O. The van der Waals surface area contributed by atoms with Crippen molar-refractivity contribution in [3.8, 4) is 5.75 Å². The molecule has 7 atom stereocenters. The third-order valence-corrected chi connectivity index (χ3v) is 7.71. The maximum absolute atomic E-state index is 13.8. The van der Waals surface area contributed by atoms with Crippen LogP contribution in [0.5, 0.6) is 5.75 Å². The van der Waals surface area contributed by atoms with Crippen LogP contribution in [-0.4, -0.2) is 71.8 Å². The largest absolute Gasteiger partial charge is 0.462 e. The predicted molar refractivity (Wildman–Crippen MR) is 128 cm³/mol. The Balaban J connectivity index is 1.35. The molecule has 1 aliphatic heterocycles. The summed E-state index contributed by atoms with van der Waals surface area (Å²) in [5.41, 5.74) is 4.52. The molecule has 198 valence electrons. The highest BCUT2D eigenvalue weighted by atomic mass is 31.2. The minimum absolute atomic E-state index is 0.150. The van der Waals surface area contributed by atoms with Crippen molar-refractivity contribution >= 4 is 30.7 Å². The van der Waals surface area contributed by atoms with Crippen LogP contribution < -0.4 is 15.3 Å². The van der Waals surface area contributed by atoms with Crippen LogP contribution >= 0.6 is 7.75 Å². The summed E-state index contributed by atoms with van der Waals surface area (Å²) in [6, 6.07) is 7.10. The number of hydrogen-bond donors (Lipinski definition) is 4. The Morgan fingerprint density at radius 1 is 1.24 bits per heavy atom. The molecule has 15 heteroatoms. The van der Waals surface area contributed by atoms with Crippen LogP contribution in [0.2, 0.25) is 0 Å². The first-order valence-electron chi connectivity index (χ1n) is 11.5. The number of hydrogen-bond acceptors (Lipinski definition) is 12. The fourth-order valence-corrected chi connectivity index (χ4v) is 5.90. The van der Waals surface area contributed by atoms with Crippen LogP contribution in [0.25, 0.3) is 11.2 Å². The van der Waals surface area contributed by atoms with Gasteiger partial charge in [-0.1, -0.05) is 18.2 Å². The van der Waals surface area contributed by atoms with Gasteiger partial charge in [-0.05, 0) is 32.9 Å². The van der Waals surface area contributed by atoms with Gasteiger partial charge in [-0.3, -0.25) is 13.9 Å². The molecule has 37 heavy (non-hydrogen) atoms. The highest BCUT2D eigenvalue weighted by Crippen LogP contribution is 2.61. The van der Waals surface area contributed by atoms with Gasteiger partial charge in [-0.25, -0.2) is 19.5 Å². The Labute approximate surface area is 211 Å². The van der Waals surface area contributed by atoms with E-state index >= 15 is 0 Å². The van der Waals surface area contributed by atoms with Crippen molar-refractivity contribution in [1.82, 2.24) is 24.6 Å². The summed E-state index contributed by atoms with van der Waals surface area (Å²) in [5, 5.41) is 24.7. The summed E-state index contributed by atoms with van der Waals surface area (Å²) >= 11 is 0. The Morgan fingerprint density at radius 2 is 1.97 bits per heavy atom. The van der Waals surface area contributed by atoms with Crippen LogP contribution in [0, 0.1) is 0 Å².